The molecule has 0 aliphatic rings. The highest BCUT2D eigenvalue weighted by molar-refractivity contribution is 7.11. The lowest BCUT2D eigenvalue weighted by Gasteiger charge is -2.07. The molecular weight excluding hydrogens is 286 g/mol. The van der Waals surface area contributed by atoms with E-state index in [4.69, 9.17) is 9.84 Å². The van der Waals surface area contributed by atoms with E-state index in [0.29, 0.717) is 18.9 Å². The van der Waals surface area contributed by atoms with Gasteiger partial charge in [-0.25, -0.2) is 4.98 Å². The zero-order chi connectivity index (χ0) is 15.2. The molecule has 0 saturated heterocycles. The lowest BCUT2D eigenvalue weighted by molar-refractivity contribution is -0.136. The Balaban J connectivity index is 1.86. The summed E-state index contributed by atoms with van der Waals surface area (Å²) in [4.78, 5) is 15.8. The highest BCUT2D eigenvalue weighted by Gasteiger charge is 2.06. The highest BCUT2D eigenvalue weighted by atomic mass is 32.1. The Bertz CT molecular complexity index is 590. The molecule has 0 saturated carbocycles. The molecule has 4 nitrogen and oxygen atoms in total. The Labute approximate surface area is 128 Å². The molecule has 5 heteroatoms. The van der Waals surface area contributed by atoms with Crippen molar-refractivity contribution in [1.29, 1.82) is 0 Å². The third-order valence-corrected chi connectivity index (χ3v) is 4.13. The minimum absolute atomic E-state index is 0.138. The summed E-state index contributed by atoms with van der Waals surface area (Å²) in [6.07, 6.45) is 2.39. The summed E-state index contributed by atoms with van der Waals surface area (Å²) in [6.45, 7) is 4.73. The van der Waals surface area contributed by atoms with E-state index in [1.165, 1.54) is 16.9 Å². The van der Waals surface area contributed by atoms with Gasteiger partial charge in [0.1, 0.15) is 17.4 Å². The van der Waals surface area contributed by atoms with Crippen LogP contribution in [0.2, 0.25) is 0 Å². The molecule has 0 aliphatic carbocycles. The van der Waals surface area contributed by atoms with Gasteiger partial charge >= 0.3 is 5.97 Å². The Hall–Kier alpha value is -1.88. The van der Waals surface area contributed by atoms with Crippen LogP contribution in [0.1, 0.15) is 41.6 Å². The number of ether oxygens (including phenoxy) is 1. The van der Waals surface area contributed by atoms with Crippen LogP contribution in [0, 0.1) is 0 Å². The van der Waals surface area contributed by atoms with Crippen molar-refractivity contribution in [2.75, 3.05) is 0 Å². The zero-order valence-corrected chi connectivity index (χ0v) is 13.0. The molecule has 0 radical (unpaired) electrons. The van der Waals surface area contributed by atoms with Gasteiger partial charge in [-0.15, -0.1) is 11.3 Å². The van der Waals surface area contributed by atoms with Gasteiger partial charge in [-0.3, -0.25) is 4.79 Å². The van der Waals surface area contributed by atoms with Crippen LogP contribution in [-0.2, 0) is 17.8 Å². The third kappa shape index (κ3) is 4.86. The van der Waals surface area contributed by atoms with Crippen LogP contribution < -0.4 is 4.74 Å². The van der Waals surface area contributed by atoms with Crippen LogP contribution >= 0.6 is 11.3 Å². The zero-order valence-electron chi connectivity index (χ0n) is 12.2. The number of aliphatic carboxylic acids is 1. The van der Waals surface area contributed by atoms with Crippen molar-refractivity contribution >= 4 is 17.3 Å². The van der Waals surface area contributed by atoms with Crippen LogP contribution in [0.3, 0.4) is 0 Å². The smallest absolute Gasteiger partial charge is 0.303 e. The second-order valence-electron chi connectivity index (χ2n) is 5.13. The third-order valence-electron chi connectivity index (χ3n) is 3.10. The highest BCUT2D eigenvalue weighted by Crippen LogP contribution is 2.21. The number of nitrogens with zero attached hydrogens (tertiary/aromatic N) is 1. The molecule has 2 rings (SSSR count). The predicted octanol–water partition coefficient (Wildman–Crippen LogP) is 3.86. The topological polar surface area (TPSA) is 59.4 Å². The number of hydrogen-bond acceptors (Lipinski definition) is 4. The second kappa shape index (κ2) is 7.22. The largest absolute Gasteiger partial charge is 0.486 e. The van der Waals surface area contributed by atoms with E-state index in [-0.39, 0.29) is 6.42 Å². The van der Waals surface area contributed by atoms with Gasteiger partial charge < -0.3 is 9.84 Å². The van der Waals surface area contributed by atoms with Gasteiger partial charge in [0.05, 0.1) is 6.42 Å². The first-order chi connectivity index (χ1) is 10.0. The minimum atomic E-state index is -0.786. The summed E-state index contributed by atoms with van der Waals surface area (Å²) in [7, 11) is 0. The Morgan fingerprint density at radius 1 is 1.33 bits per heavy atom. The number of thiazole rings is 1. The maximum Gasteiger partial charge on any atom is 0.303 e. The van der Waals surface area contributed by atoms with E-state index in [1.54, 1.807) is 6.20 Å². The van der Waals surface area contributed by atoms with E-state index in [0.717, 1.165) is 15.6 Å². The monoisotopic (exact) mass is 305 g/mol. The number of carboxylic acids is 1. The van der Waals surface area contributed by atoms with E-state index in [9.17, 15) is 4.79 Å². The van der Waals surface area contributed by atoms with Crippen LogP contribution in [0.4, 0.5) is 0 Å². The quantitative estimate of drug-likeness (QED) is 0.843. The Kier molecular flexibility index (Phi) is 5.33. The molecule has 21 heavy (non-hydrogen) atoms. The van der Waals surface area contributed by atoms with Gasteiger partial charge in [-0.2, -0.15) is 0 Å². The lowest BCUT2D eigenvalue weighted by Crippen LogP contribution is -1.95. The minimum Gasteiger partial charge on any atom is -0.486 e. The average Bonchev–Trinajstić information content (AvgIpc) is 2.91. The van der Waals surface area contributed by atoms with Gasteiger partial charge in [-0.05, 0) is 30.0 Å². The molecule has 0 fully saturated rings. The molecule has 1 aromatic carbocycles. The summed E-state index contributed by atoms with van der Waals surface area (Å²) in [5, 5.41) is 9.52. The second-order valence-corrected chi connectivity index (χ2v) is 6.33. The first kappa shape index (κ1) is 15.5. The summed E-state index contributed by atoms with van der Waals surface area (Å²) >= 11 is 1.50. The first-order valence-corrected chi connectivity index (χ1v) is 7.74. The number of aryl methyl sites for hydroxylation is 1. The molecule has 1 N–H and O–H groups in total. The molecule has 0 spiro atoms. The Morgan fingerprint density at radius 2 is 2.05 bits per heavy atom. The van der Waals surface area contributed by atoms with Crippen molar-refractivity contribution in [3.8, 4) is 5.75 Å². The van der Waals surface area contributed by atoms with Crippen molar-refractivity contribution in [2.45, 2.75) is 39.2 Å². The van der Waals surface area contributed by atoms with Crippen molar-refractivity contribution in [3.63, 3.8) is 0 Å². The first-order valence-electron chi connectivity index (χ1n) is 6.92. The van der Waals surface area contributed by atoms with Crippen LogP contribution in [0.25, 0.3) is 0 Å². The average molecular weight is 305 g/mol. The molecule has 1 heterocycles. The molecule has 0 aliphatic heterocycles. The fraction of sp³-hybridized carbons (Fsp3) is 0.375. The van der Waals surface area contributed by atoms with Crippen LogP contribution in [0.15, 0.2) is 30.5 Å². The van der Waals surface area contributed by atoms with Crippen molar-refractivity contribution in [2.24, 2.45) is 0 Å². The van der Waals surface area contributed by atoms with E-state index in [1.807, 2.05) is 12.1 Å². The fourth-order valence-electron chi connectivity index (χ4n) is 1.85. The van der Waals surface area contributed by atoms with Crippen molar-refractivity contribution in [1.82, 2.24) is 4.98 Å². The molecule has 112 valence electrons. The molecule has 0 atom stereocenters. The Morgan fingerprint density at radius 3 is 2.67 bits per heavy atom. The molecular formula is C16H19NO3S. The van der Waals surface area contributed by atoms with E-state index in [2.05, 4.69) is 31.0 Å². The molecule has 0 amide bonds. The number of aromatic nitrogens is 1. The van der Waals surface area contributed by atoms with Crippen molar-refractivity contribution in [3.05, 3.63) is 45.9 Å². The molecule has 1 aromatic heterocycles. The summed E-state index contributed by atoms with van der Waals surface area (Å²) in [6, 6.07) is 8.07. The summed E-state index contributed by atoms with van der Waals surface area (Å²) in [5.41, 5.74) is 1.28. The maximum atomic E-state index is 10.5. The maximum absolute atomic E-state index is 10.5. The molecule has 0 bridgehead atoms. The van der Waals surface area contributed by atoms with Crippen LogP contribution in [-0.4, -0.2) is 16.1 Å². The van der Waals surface area contributed by atoms with Gasteiger partial charge in [0.25, 0.3) is 0 Å². The molecule has 0 unspecified atom stereocenters. The number of carbonyl (C=O) groups is 1. The van der Waals surface area contributed by atoms with E-state index < -0.39 is 5.97 Å². The lowest BCUT2D eigenvalue weighted by atomic mass is 10.0. The van der Waals surface area contributed by atoms with E-state index >= 15 is 0 Å². The SMILES string of the molecule is CC(C)c1ccc(OCc2ncc(CCC(=O)O)s2)cc1. The normalized spacial score (nSPS) is 10.8. The van der Waals surface area contributed by atoms with Crippen molar-refractivity contribution < 1.29 is 14.6 Å². The summed E-state index contributed by atoms with van der Waals surface area (Å²) in [5.74, 6) is 0.544. The molecule has 2 aromatic rings. The summed E-state index contributed by atoms with van der Waals surface area (Å²) < 4.78 is 5.70. The van der Waals surface area contributed by atoms with Crippen LogP contribution in [0.5, 0.6) is 5.75 Å². The number of hydrogen-bond donors (Lipinski definition) is 1. The number of benzene rings is 1. The predicted molar refractivity (Wildman–Crippen MR) is 82.9 cm³/mol. The number of carboxylic acid groups (broad SMARTS) is 1. The van der Waals surface area contributed by atoms with Gasteiger partial charge in [-0.1, -0.05) is 26.0 Å². The van der Waals surface area contributed by atoms with Gasteiger partial charge in [0, 0.05) is 11.1 Å². The van der Waals surface area contributed by atoms with Gasteiger partial charge in [0.2, 0.25) is 0 Å². The number of rotatable bonds is 7. The van der Waals surface area contributed by atoms with Gasteiger partial charge in [0.15, 0.2) is 0 Å². The standard InChI is InChI=1S/C16H19NO3S/c1-11(2)12-3-5-13(6-4-12)20-10-15-17-9-14(21-15)7-8-16(18)19/h3-6,9,11H,7-8,10H2,1-2H3,(H,18,19). The fourth-order valence-corrected chi connectivity index (χ4v) is 2.69.